The van der Waals surface area contributed by atoms with Gasteiger partial charge in [-0.05, 0) is 5.92 Å². The molecule has 0 fully saturated rings. The van der Waals surface area contributed by atoms with Crippen molar-refractivity contribution in [3.05, 3.63) is 0 Å². The Bertz CT molecular complexity index is 217. The molecule has 1 amide bonds. The Kier molecular flexibility index (Phi) is 5.11. The lowest BCUT2D eigenvalue weighted by molar-refractivity contribution is -0.146. The second-order valence-electron chi connectivity index (χ2n) is 3.37. The van der Waals surface area contributed by atoms with Crippen molar-refractivity contribution >= 4 is 11.9 Å². The number of hydrogen-bond donors (Lipinski definition) is 4. The van der Waals surface area contributed by atoms with E-state index < -0.39 is 24.0 Å². The molecule has 0 saturated carbocycles. The van der Waals surface area contributed by atoms with Crippen molar-refractivity contribution in [3.63, 3.8) is 0 Å². The minimum absolute atomic E-state index is 0.0306. The van der Waals surface area contributed by atoms with Gasteiger partial charge in [0.1, 0.15) is 0 Å². The highest BCUT2D eigenvalue weighted by Gasteiger charge is 2.19. The molecule has 14 heavy (non-hydrogen) atoms. The van der Waals surface area contributed by atoms with Crippen LogP contribution >= 0.6 is 0 Å². The van der Waals surface area contributed by atoms with Crippen LogP contribution < -0.4 is 11.1 Å². The van der Waals surface area contributed by atoms with Gasteiger partial charge in [0.2, 0.25) is 5.91 Å². The summed E-state index contributed by atoms with van der Waals surface area (Å²) in [5.74, 6) is -1.86. The normalized spacial score (nSPS) is 14.9. The lowest BCUT2D eigenvalue weighted by atomic mass is 10.1. The molecule has 0 aliphatic heterocycles. The molecule has 0 radical (unpaired) electrons. The number of aliphatic hydroxyl groups excluding tert-OH is 1. The van der Waals surface area contributed by atoms with Crippen molar-refractivity contribution in [2.24, 2.45) is 11.7 Å². The van der Waals surface area contributed by atoms with Crippen LogP contribution in [0.3, 0.4) is 0 Å². The number of carbonyl (C=O) groups excluding carboxylic acids is 1. The van der Waals surface area contributed by atoms with Gasteiger partial charge in [-0.2, -0.15) is 0 Å². The van der Waals surface area contributed by atoms with Crippen LogP contribution in [0.25, 0.3) is 0 Å². The molecule has 5 N–H and O–H groups in total. The lowest BCUT2D eigenvalue weighted by Crippen LogP contribution is -2.47. The second kappa shape index (κ2) is 5.56. The summed E-state index contributed by atoms with van der Waals surface area (Å²) in [5.41, 5.74) is 5.48. The van der Waals surface area contributed by atoms with Crippen LogP contribution in [0.1, 0.15) is 13.8 Å². The SMILES string of the molecule is CC(C)[C@H](N)C(=O)NC[C@H](O)C(=O)O. The van der Waals surface area contributed by atoms with Crippen LogP contribution in [-0.2, 0) is 9.59 Å². The van der Waals surface area contributed by atoms with E-state index in [1.165, 1.54) is 0 Å². The molecule has 0 aromatic carbocycles. The van der Waals surface area contributed by atoms with Gasteiger partial charge < -0.3 is 21.3 Å². The van der Waals surface area contributed by atoms with Crippen LogP contribution in [0.4, 0.5) is 0 Å². The number of rotatable bonds is 5. The second-order valence-corrected chi connectivity index (χ2v) is 3.37. The standard InChI is InChI=1S/C8H16N2O4/c1-4(2)6(9)7(12)10-3-5(11)8(13)14/h4-6,11H,3,9H2,1-2H3,(H,10,12)(H,13,14)/t5-,6-/m0/s1. The number of hydrogen-bond acceptors (Lipinski definition) is 4. The summed E-state index contributed by atoms with van der Waals surface area (Å²) in [6.07, 6.45) is -1.58. The minimum Gasteiger partial charge on any atom is -0.479 e. The first-order valence-corrected chi connectivity index (χ1v) is 4.30. The fourth-order valence-corrected chi connectivity index (χ4v) is 0.705. The molecule has 6 nitrogen and oxygen atoms in total. The van der Waals surface area contributed by atoms with E-state index in [1.54, 1.807) is 13.8 Å². The van der Waals surface area contributed by atoms with Crippen molar-refractivity contribution in [2.75, 3.05) is 6.54 Å². The number of carboxylic acids is 1. The third-order valence-electron chi connectivity index (χ3n) is 1.78. The maximum atomic E-state index is 11.2. The first kappa shape index (κ1) is 12.9. The lowest BCUT2D eigenvalue weighted by Gasteiger charge is -2.15. The minimum atomic E-state index is -1.58. The molecule has 2 atom stereocenters. The van der Waals surface area contributed by atoms with Crippen molar-refractivity contribution in [1.82, 2.24) is 5.32 Å². The first-order chi connectivity index (χ1) is 6.36. The maximum absolute atomic E-state index is 11.2. The van der Waals surface area contributed by atoms with Crippen molar-refractivity contribution in [1.29, 1.82) is 0 Å². The van der Waals surface area contributed by atoms with Crippen LogP contribution in [-0.4, -0.2) is 40.8 Å². The summed E-state index contributed by atoms with van der Waals surface area (Å²) >= 11 is 0. The highest BCUT2D eigenvalue weighted by molar-refractivity contribution is 5.82. The van der Waals surface area contributed by atoms with Crippen molar-refractivity contribution in [3.8, 4) is 0 Å². The monoisotopic (exact) mass is 204 g/mol. The summed E-state index contributed by atoms with van der Waals surface area (Å²) in [6.45, 7) is 3.23. The van der Waals surface area contributed by atoms with Crippen LogP contribution in [0.15, 0.2) is 0 Å². The molecule has 0 aromatic heterocycles. The van der Waals surface area contributed by atoms with Crippen LogP contribution in [0, 0.1) is 5.92 Å². The highest BCUT2D eigenvalue weighted by atomic mass is 16.4. The van der Waals surface area contributed by atoms with E-state index in [0.29, 0.717) is 0 Å². The predicted molar refractivity (Wildman–Crippen MR) is 49.5 cm³/mol. The zero-order chi connectivity index (χ0) is 11.3. The molecular weight excluding hydrogens is 188 g/mol. The van der Waals surface area contributed by atoms with Gasteiger partial charge in [0.05, 0.1) is 12.6 Å². The topological polar surface area (TPSA) is 113 Å². The number of carboxylic acid groups (broad SMARTS) is 1. The number of nitrogens with one attached hydrogen (secondary N) is 1. The van der Waals surface area contributed by atoms with Crippen LogP contribution in [0.2, 0.25) is 0 Å². The largest absolute Gasteiger partial charge is 0.479 e. The molecule has 6 heteroatoms. The Morgan fingerprint density at radius 1 is 1.43 bits per heavy atom. The molecule has 82 valence electrons. The van der Waals surface area contributed by atoms with Crippen molar-refractivity contribution in [2.45, 2.75) is 26.0 Å². The zero-order valence-corrected chi connectivity index (χ0v) is 8.23. The zero-order valence-electron chi connectivity index (χ0n) is 8.23. The fourth-order valence-electron chi connectivity index (χ4n) is 0.705. The van der Waals surface area contributed by atoms with Crippen molar-refractivity contribution < 1.29 is 19.8 Å². The van der Waals surface area contributed by atoms with E-state index in [4.69, 9.17) is 15.9 Å². The summed E-state index contributed by atoms with van der Waals surface area (Å²) in [4.78, 5) is 21.4. The number of aliphatic hydroxyl groups is 1. The molecule has 0 aromatic rings. The Morgan fingerprint density at radius 2 is 1.93 bits per heavy atom. The smallest absolute Gasteiger partial charge is 0.334 e. The van der Waals surface area contributed by atoms with E-state index in [-0.39, 0.29) is 12.5 Å². The van der Waals surface area contributed by atoms with Gasteiger partial charge in [-0.1, -0.05) is 13.8 Å². The Balaban J connectivity index is 3.91. The van der Waals surface area contributed by atoms with Gasteiger partial charge >= 0.3 is 5.97 Å². The third-order valence-corrected chi connectivity index (χ3v) is 1.78. The van der Waals surface area contributed by atoms with Gasteiger partial charge in [-0.25, -0.2) is 4.79 Å². The van der Waals surface area contributed by atoms with Gasteiger partial charge in [0.15, 0.2) is 6.10 Å². The molecule has 0 heterocycles. The molecule has 0 aliphatic carbocycles. The average molecular weight is 204 g/mol. The molecule has 0 bridgehead atoms. The predicted octanol–water partition coefficient (Wildman–Crippen LogP) is -1.47. The van der Waals surface area contributed by atoms with Gasteiger partial charge in [0.25, 0.3) is 0 Å². The maximum Gasteiger partial charge on any atom is 0.334 e. The van der Waals surface area contributed by atoms with Crippen LogP contribution in [0.5, 0.6) is 0 Å². The average Bonchev–Trinajstić information content (AvgIpc) is 2.11. The Labute approximate surface area is 82.1 Å². The first-order valence-electron chi connectivity index (χ1n) is 4.30. The quantitative estimate of drug-likeness (QED) is 0.437. The summed E-state index contributed by atoms with van der Waals surface area (Å²) in [5, 5.41) is 19.4. The molecule has 0 spiro atoms. The van der Waals surface area contributed by atoms with Gasteiger partial charge in [0, 0.05) is 0 Å². The number of aliphatic carboxylic acids is 1. The van der Waals surface area contributed by atoms with E-state index in [0.717, 1.165) is 0 Å². The Morgan fingerprint density at radius 3 is 2.29 bits per heavy atom. The van der Waals surface area contributed by atoms with Gasteiger partial charge in [-0.15, -0.1) is 0 Å². The fraction of sp³-hybridized carbons (Fsp3) is 0.750. The molecule has 0 rings (SSSR count). The summed E-state index contributed by atoms with van der Waals surface area (Å²) in [6, 6.07) is -0.684. The Hall–Kier alpha value is -1.14. The molecule has 0 saturated heterocycles. The number of amides is 1. The van der Waals surface area contributed by atoms with E-state index in [9.17, 15) is 9.59 Å². The molecule has 0 aliphatic rings. The van der Waals surface area contributed by atoms with E-state index in [1.807, 2.05) is 0 Å². The molecule has 0 unspecified atom stereocenters. The number of carbonyl (C=O) groups is 2. The van der Waals surface area contributed by atoms with E-state index >= 15 is 0 Å². The van der Waals surface area contributed by atoms with Gasteiger partial charge in [-0.3, -0.25) is 4.79 Å². The molecular formula is C8H16N2O4. The van der Waals surface area contributed by atoms with E-state index in [2.05, 4.69) is 5.32 Å². The summed E-state index contributed by atoms with van der Waals surface area (Å²) in [7, 11) is 0. The summed E-state index contributed by atoms with van der Waals surface area (Å²) < 4.78 is 0. The third kappa shape index (κ3) is 4.20. The highest BCUT2D eigenvalue weighted by Crippen LogP contribution is 1.97. The number of nitrogens with two attached hydrogens (primary N) is 1.